The Bertz CT molecular complexity index is 1510. The van der Waals surface area contributed by atoms with Gasteiger partial charge in [-0.15, -0.1) is 0 Å². The Morgan fingerprint density at radius 1 is 0.607 bits per heavy atom. The maximum Gasteiger partial charge on any atom is 0.306 e. The fraction of sp³-hybridized carbons (Fsp3) is 0.520. The lowest BCUT2D eigenvalue weighted by molar-refractivity contribution is -0.870. The van der Waals surface area contributed by atoms with Gasteiger partial charge in [0.2, 0.25) is 0 Å². The maximum absolute atomic E-state index is 12.7. The van der Waals surface area contributed by atoms with Crippen LogP contribution in [0.2, 0.25) is 0 Å². The predicted molar refractivity (Wildman–Crippen MR) is 250 cm³/mol. The van der Waals surface area contributed by atoms with Crippen molar-refractivity contribution in [2.24, 2.45) is 0 Å². The van der Waals surface area contributed by atoms with Crippen LogP contribution in [0.5, 0.6) is 0 Å². The molecule has 11 heteroatoms. The van der Waals surface area contributed by atoms with Crippen LogP contribution in [0, 0.1) is 0 Å². The van der Waals surface area contributed by atoms with Crippen LogP contribution in [0.25, 0.3) is 0 Å². The SMILES string of the molecule is CC/C=C\C/C=C\C/C=C\C/C=C\C=C\C(O)CCCC(=O)OC[C@H](COP(=O)([O-])OCC[N+](C)(C)C)OC(=O)CC/C=C\C/C=C\C/C=C\C/C=C\C/C=C\C/C=C\CC. The highest BCUT2D eigenvalue weighted by molar-refractivity contribution is 7.45. The minimum atomic E-state index is -4.70. The van der Waals surface area contributed by atoms with E-state index in [9.17, 15) is 24.2 Å². The molecule has 0 aliphatic rings. The van der Waals surface area contributed by atoms with Gasteiger partial charge in [0.15, 0.2) is 6.10 Å². The summed E-state index contributed by atoms with van der Waals surface area (Å²) in [6, 6.07) is 0. The number of esters is 2. The standard InChI is InChI=1S/C50H78NO9P/c1-6-8-10-12-14-16-18-20-21-22-23-24-25-27-29-31-33-35-37-41-50(54)60-48(46-59-61(55,56)58-44-43-51(3,4)5)45-57-49(53)42-38-40-47(52)39-36-34-32-30-28-26-19-17-15-13-11-9-7-2/h8-11,14-17,20-21,23-24,26-29,32-36,39,47-48,52H,6-7,12-13,18-19,22,25,30-31,37-38,40-46H2,1-5H3/b10-8-,11-9-,16-14-,17-15-,21-20-,24-23-,28-26-,29-27-,34-32-,35-33-,39-36+/t47?,48-/m1/s1. The average Bonchev–Trinajstić information content (AvgIpc) is 3.21. The van der Waals surface area contributed by atoms with Crippen LogP contribution in [0.4, 0.5) is 0 Å². The van der Waals surface area contributed by atoms with E-state index < -0.39 is 45.2 Å². The lowest BCUT2D eigenvalue weighted by Gasteiger charge is -2.28. The van der Waals surface area contributed by atoms with Crippen molar-refractivity contribution in [2.45, 2.75) is 122 Å². The zero-order chi connectivity index (χ0) is 45.1. The van der Waals surface area contributed by atoms with Crippen molar-refractivity contribution in [1.29, 1.82) is 0 Å². The molecule has 0 heterocycles. The lowest BCUT2D eigenvalue weighted by atomic mass is 10.1. The highest BCUT2D eigenvalue weighted by Crippen LogP contribution is 2.38. The molecule has 0 saturated heterocycles. The Labute approximate surface area is 369 Å². The van der Waals surface area contributed by atoms with E-state index >= 15 is 0 Å². The van der Waals surface area contributed by atoms with Crippen molar-refractivity contribution in [3.8, 4) is 0 Å². The molecule has 0 fully saturated rings. The van der Waals surface area contributed by atoms with Crippen LogP contribution in [0.15, 0.2) is 134 Å². The molecule has 1 N–H and O–H groups in total. The summed E-state index contributed by atoms with van der Waals surface area (Å²) >= 11 is 0. The molecule has 61 heavy (non-hydrogen) atoms. The van der Waals surface area contributed by atoms with E-state index in [1.165, 1.54) is 0 Å². The Morgan fingerprint density at radius 3 is 1.54 bits per heavy atom. The van der Waals surface area contributed by atoms with Crippen molar-refractivity contribution < 1.29 is 47.2 Å². The molecule has 0 aromatic carbocycles. The monoisotopic (exact) mass is 868 g/mol. The molecular formula is C50H78NO9P. The first kappa shape index (κ1) is 57.1. The smallest absolute Gasteiger partial charge is 0.306 e. The molecule has 0 aliphatic carbocycles. The summed E-state index contributed by atoms with van der Waals surface area (Å²) in [5.74, 6) is -1.15. The first-order valence-corrected chi connectivity index (χ1v) is 23.5. The van der Waals surface area contributed by atoms with Gasteiger partial charge in [0.05, 0.1) is 33.9 Å². The average molecular weight is 868 g/mol. The predicted octanol–water partition coefficient (Wildman–Crippen LogP) is 11.0. The first-order valence-electron chi connectivity index (χ1n) is 22.0. The minimum Gasteiger partial charge on any atom is -0.756 e. The normalized spacial score (nSPS) is 15.3. The molecule has 0 saturated carbocycles. The first-order chi connectivity index (χ1) is 29.4. The van der Waals surface area contributed by atoms with Gasteiger partial charge in [-0.25, -0.2) is 0 Å². The van der Waals surface area contributed by atoms with Gasteiger partial charge in [0.1, 0.15) is 19.8 Å². The van der Waals surface area contributed by atoms with E-state index in [-0.39, 0.29) is 19.4 Å². The van der Waals surface area contributed by atoms with Gasteiger partial charge in [-0.3, -0.25) is 14.2 Å². The zero-order valence-corrected chi connectivity index (χ0v) is 38.8. The highest BCUT2D eigenvalue weighted by atomic mass is 31.2. The van der Waals surface area contributed by atoms with Crippen LogP contribution < -0.4 is 4.89 Å². The maximum atomic E-state index is 12.7. The summed E-state index contributed by atoms with van der Waals surface area (Å²) in [6.07, 6.45) is 53.9. The van der Waals surface area contributed by atoms with Crippen LogP contribution in [0.1, 0.15) is 110 Å². The Hall–Kier alpha value is -3.89. The number of phosphoric ester groups is 1. The molecule has 10 nitrogen and oxygen atoms in total. The molecule has 0 spiro atoms. The number of carbonyl (C=O) groups excluding carboxylic acids is 2. The van der Waals surface area contributed by atoms with Gasteiger partial charge in [0, 0.05) is 12.8 Å². The van der Waals surface area contributed by atoms with E-state index in [4.69, 9.17) is 18.5 Å². The van der Waals surface area contributed by atoms with E-state index in [1.807, 2.05) is 45.4 Å². The summed E-state index contributed by atoms with van der Waals surface area (Å²) in [6.45, 7) is 3.64. The van der Waals surface area contributed by atoms with Gasteiger partial charge in [-0.1, -0.05) is 148 Å². The third-order valence-corrected chi connectivity index (χ3v) is 9.25. The number of allylic oxidation sites excluding steroid dienone is 21. The molecule has 0 bridgehead atoms. The summed E-state index contributed by atoms with van der Waals surface area (Å²) < 4.78 is 33.6. The number of likely N-dealkylation sites (N-methyl/N-ethyl adjacent to an activating group) is 1. The number of phosphoric acid groups is 1. The molecule has 0 amide bonds. The molecule has 3 atom stereocenters. The summed E-state index contributed by atoms with van der Waals surface area (Å²) in [7, 11) is 0.989. The minimum absolute atomic E-state index is 0.0211. The van der Waals surface area contributed by atoms with E-state index in [0.29, 0.717) is 30.3 Å². The van der Waals surface area contributed by atoms with Gasteiger partial charge >= 0.3 is 11.9 Å². The number of ether oxygens (including phenoxy) is 2. The lowest BCUT2D eigenvalue weighted by Crippen LogP contribution is -2.37. The van der Waals surface area contributed by atoms with Crippen molar-refractivity contribution in [2.75, 3.05) is 47.5 Å². The number of aliphatic hydroxyl groups excluding tert-OH is 1. The number of quaternary nitrogens is 1. The fourth-order valence-corrected chi connectivity index (χ4v) is 5.61. The van der Waals surface area contributed by atoms with Crippen LogP contribution >= 0.6 is 7.82 Å². The summed E-state index contributed by atoms with van der Waals surface area (Å²) in [5, 5.41) is 10.3. The highest BCUT2D eigenvalue weighted by Gasteiger charge is 2.21. The van der Waals surface area contributed by atoms with Gasteiger partial charge in [-0.2, -0.15) is 0 Å². The molecular weight excluding hydrogens is 790 g/mol. The quantitative estimate of drug-likeness (QED) is 0.0213. The van der Waals surface area contributed by atoms with Crippen molar-refractivity contribution in [3.63, 3.8) is 0 Å². The molecule has 0 aliphatic heterocycles. The van der Waals surface area contributed by atoms with E-state index in [1.54, 1.807) is 12.2 Å². The Kier molecular flexibility index (Phi) is 37.6. The molecule has 342 valence electrons. The van der Waals surface area contributed by atoms with E-state index in [2.05, 4.69) is 111 Å². The molecule has 0 rings (SSSR count). The summed E-state index contributed by atoms with van der Waals surface area (Å²) in [5.41, 5.74) is 0. The second-order valence-corrected chi connectivity index (χ2v) is 16.6. The van der Waals surface area contributed by atoms with Crippen LogP contribution in [-0.2, 0) is 32.7 Å². The number of aliphatic hydroxyl groups is 1. The number of hydrogen-bond donors (Lipinski definition) is 1. The largest absolute Gasteiger partial charge is 0.756 e. The number of rotatable bonds is 37. The number of carbonyl (C=O) groups is 2. The second kappa shape index (κ2) is 40.2. The zero-order valence-electron chi connectivity index (χ0n) is 37.9. The topological polar surface area (TPSA) is 131 Å². The van der Waals surface area contributed by atoms with Gasteiger partial charge in [0.25, 0.3) is 7.82 Å². The van der Waals surface area contributed by atoms with Crippen molar-refractivity contribution in [3.05, 3.63) is 134 Å². The summed E-state index contributed by atoms with van der Waals surface area (Å²) in [4.78, 5) is 37.5. The van der Waals surface area contributed by atoms with Crippen LogP contribution in [0.3, 0.4) is 0 Å². The Balaban J connectivity index is 4.71. The fourth-order valence-electron chi connectivity index (χ4n) is 4.88. The Morgan fingerprint density at radius 2 is 1.07 bits per heavy atom. The van der Waals surface area contributed by atoms with Crippen LogP contribution in [-0.4, -0.2) is 81.2 Å². The number of hydrogen-bond acceptors (Lipinski definition) is 9. The second-order valence-electron chi connectivity index (χ2n) is 15.1. The van der Waals surface area contributed by atoms with Gasteiger partial charge < -0.3 is 33.0 Å². The third-order valence-electron chi connectivity index (χ3n) is 8.28. The number of nitrogens with zero attached hydrogens (tertiary/aromatic N) is 1. The molecule has 0 radical (unpaired) electrons. The van der Waals surface area contributed by atoms with Gasteiger partial charge in [-0.05, 0) is 83.5 Å². The van der Waals surface area contributed by atoms with Crippen molar-refractivity contribution in [1.82, 2.24) is 0 Å². The third kappa shape index (κ3) is 44.0. The van der Waals surface area contributed by atoms with E-state index in [0.717, 1.165) is 64.2 Å². The molecule has 0 aromatic heterocycles. The molecule has 0 aromatic rings. The molecule has 2 unspecified atom stereocenters. The van der Waals surface area contributed by atoms with Crippen molar-refractivity contribution >= 4 is 19.8 Å².